The van der Waals surface area contributed by atoms with Gasteiger partial charge in [0.05, 0.1) is 0 Å². The summed E-state index contributed by atoms with van der Waals surface area (Å²) in [4.78, 5) is 0. The van der Waals surface area contributed by atoms with Crippen molar-refractivity contribution in [1.82, 2.24) is 0 Å². The third kappa shape index (κ3) is 9.31. The molecule has 0 fully saturated rings. The number of rotatable bonds is 12. The minimum absolute atomic E-state index is 0. The van der Waals surface area contributed by atoms with E-state index in [0.29, 0.717) is 0 Å². The molecule has 2 heteroatoms. The normalized spacial score (nSPS) is 11.3. The van der Waals surface area contributed by atoms with Crippen LogP contribution in [0.1, 0.15) is 79.1 Å². The summed E-state index contributed by atoms with van der Waals surface area (Å²) in [6.45, 7) is 9.42. The van der Waals surface area contributed by atoms with Crippen molar-refractivity contribution in [2.75, 3.05) is 24.6 Å². The van der Waals surface area contributed by atoms with Gasteiger partial charge in [-0.15, -0.1) is 7.26 Å². The van der Waals surface area contributed by atoms with Crippen molar-refractivity contribution in [2.24, 2.45) is 0 Å². The first kappa shape index (κ1) is 20.7. The molecule has 0 aromatic heterocycles. The first-order valence-electron chi connectivity index (χ1n) is 8.09. The first-order chi connectivity index (χ1) is 8.24. The van der Waals surface area contributed by atoms with Crippen LogP contribution in [0.5, 0.6) is 0 Å². The Morgan fingerprint density at radius 3 is 0.889 bits per heavy atom. The van der Waals surface area contributed by atoms with Gasteiger partial charge in [-0.1, -0.05) is 53.4 Å². The molecule has 0 aromatic carbocycles. The van der Waals surface area contributed by atoms with Gasteiger partial charge in [0, 0.05) is 0 Å². The average molecular weight is 279 g/mol. The third-order valence-electron chi connectivity index (χ3n) is 3.94. The highest BCUT2D eigenvalue weighted by molar-refractivity contribution is 7.75. The molecule has 0 aliphatic carbocycles. The Hall–Kier alpha value is 0.360. The zero-order valence-corrected chi connectivity index (χ0v) is 14.2. The van der Waals surface area contributed by atoms with Crippen LogP contribution in [0.15, 0.2) is 0 Å². The molecule has 0 aromatic rings. The van der Waals surface area contributed by atoms with E-state index in [2.05, 4.69) is 27.7 Å². The second kappa shape index (κ2) is 13.8. The lowest BCUT2D eigenvalue weighted by Gasteiger charge is -2.37. The zero-order chi connectivity index (χ0) is 13.0. The van der Waals surface area contributed by atoms with Gasteiger partial charge in [-0.2, -0.15) is 0 Å². The van der Waals surface area contributed by atoms with E-state index < -0.39 is 7.26 Å². The van der Waals surface area contributed by atoms with Gasteiger partial charge in [0.15, 0.2) is 0 Å². The number of unbranched alkanes of at least 4 members (excludes halogenated alkanes) is 4. The standard InChI is InChI=1S/C16H36P.FH/c1-5-9-13-17(14-10-6-2,15-11-7-3)16-12-8-4;/h5-16H2,1-4H3;1H. The molecule has 113 valence electrons. The predicted molar refractivity (Wildman–Crippen MR) is 88.5 cm³/mol. The fourth-order valence-electron chi connectivity index (χ4n) is 2.64. The molecule has 0 spiro atoms. The molecule has 0 saturated heterocycles. The molecule has 0 aliphatic rings. The molecule has 0 rings (SSSR count). The van der Waals surface area contributed by atoms with Crippen molar-refractivity contribution in [3.05, 3.63) is 0 Å². The lowest BCUT2D eigenvalue weighted by atomic mass is 10.4. The summed E-state index contributed by atoms with van der Waals surface area (Å²) in [5, 5.41) is 0. The van der Waals surface area contributed by atoms with Gasteiger partial charge in [0.1, 0.15) is 0 Å². The van der Waals surface area contributed by atoms with Gasteiger partial charge in [-0.05, 0) is 50.3 Å². The van der Waals surface area contributed by atoms with Gasteiger partial charge in [-0.3, -0.25) is 4.70 Å². The fraction of sp³-hybridized carbons (Fsp3) is 1.00. The average Bonchev–Trinajstić information content (AvgIpc) is 2.37. The van der Waals surface area contributed by atoms with Gasteiger partial charge >= 0.3 is 0 Å². The van der Waals surface area contributed by atoms with Gasteiger partial charge in [0.2, 0.25) is 0 Å². The Morgan fingerprint density at radius 2 is 0.722 bits per heavy atom. The van der Waals surface area contributed by atoms with Crippen LogP contribution in [0.3, 0.4) is 0 Å². The molecule has 1 radical (unpaired) electrons. The molecule has 0 saturated carbocycles. The lowest BCUT2D eigenvalue weighted by Crippen LogP contribution is -2.12. The van der Waals surface area contributed by atoms with Crippen LogP contribution in [-0.2, 0) is 0 Å². The molecule has 0 aliphatic heterocycles. The van der Waals surface area contributed by atoms with Gasteiger partial charge in [0.25, 0.3) is 0 Å². The third-order valence-corrected chi connectivity index (χ3v) is 9.00. The Kier molecular flexibility index (Phi) is 15.8. The summed E-state index contributed by atoms with van der Waals surface area (Å²) in [6.07, 6.45) is 17.9. The molecular formula is C16H37FP. The van der Waals surface area contributed by atoms with Crippen molar-refractivity contribution >= 4 is 7.26 Å². The smallest absolute Gasteiger partial charge is 0.0359 e. The minimum atomic E-state index is -0.562. The van der Waals surface area contributed by atoms with Crippen LogP contribution in [0.4, 0.5) is 4.70 Å². The van der Waals surface area contributed by atoms with Crippen molar-refractivity contribution < 1.29 is 4.70 Å². The fourth-order valence-corrected chi connectivity index (χ4v) is 7.93. The second-order valence-corrected chi connectivity index (χ2v) is 10.1. The highest BCUT2D eigenvalue weighted by Gasteiger charge is 2.24. The highest BCUT2D eigenvalue weighted by Crippen LogP contribution is 2.61. The maximum absolute atomic E-state index is 2.36. The summed E-state index contributed by atoms with van der Waals surface area (Å²) in [6, 6.07) is 0. The number of halogens is 1. The molecule has 18 heavy (non-hydrogen) atoms. The first-order valence-corrected chi connectivity index (χ1v) is 10.6. The second-order valence-electron chi connectivity index (χ2n) is 5.65. The van der Waals surface area contributed by atoms with Gasteiger partial charge < -0.3 is 0 Å². The van der Waals surface area contributed by atoms with Crippen LogP contribution in [0, 0.1) is 0 Å². The van der Waals surface area contributed by atoms with Crippen LogP contribution in [0.25, 0.3) is 0 Å². The van der Waals surface area contributed by atoms with E-state index >= 15 is 0 Å². The van der Waals surface area contributed by atoms with Gasteiger partial charge in [-0.25, -0.2) is 0 Å². The molecule has 0 bridgehead atoms. The Labute approximate surface area is 116 Å². The Balaban J connectivity index is 0. The number of hydrogen-bond acceptors (Lipinski definition) is 0. The van der Waals surface area contributed by atoms with E-state index in [1.54, 1.807) is 24.6 Å². The van der Waals surface area contributed by atoms with Crippen molar-refractivity contribution in [3.8, 4) is 0 Å². The Morgan fingerprint density at radius 1 is 0.500 bits per heavy atom. The molecule has 0 unspecified atom stereocenters. The SMILES string of the molecule is CCCC[P](CCCC)(CCCC)CCCC.F. The van der Waals surface area contributed by atoms with Crippen LogP contribution in [-0.4, -0.2) is 24.6 Å². The largest absolute Gasteiger partial charge is 0.269 e. The van der Waals surface area contributed by atoms with Crippen LogP contribution >= 0.6 is 7.26 Å². The van der Waals surface area contributed by atoms with Crippen molar-refractivity contribution in [1.29, 1.82) is 0 Å². The minimum Gasteiger partial charge on any atom is -0.269 e. The Bertz CT molecular complexity index is 122. The zero-order valence-electron chi connectivity index (χ0n) is 13.3. The maximum atomic E-state index is 2.36. The molecule has 0 N–H and O–H groups in total. The van der Waals surface area contributed by atoms with Crippen LogP contribution in [0.2, 0.25) is 0 Å². The van der Waals surface area contributed by atoms with E-state index in [0.717, 1.165) is 0 Å². The summed E-state index contributed by atoms with van der Waals surface area (Å²) < 4.78 is 0. The van der Waals surface area contributed by atoms with E-state index in [-0.39, 0.29) is 4.70 Å². The topological polar surface area (TPSA) is 0 Å². The summed E-state index contributed by atoms with van der Waals surface area (Å²) in [5.41, 5.74) is 0. The lowest BCUT2D eigenvalue weighted by molar-refractivity contribution is 0.814. The quantitative estimate of drug-likeness (QED) is 0.365. The number of hydrogen-bond donors (Lipinski definition) is 0. The summed E-state index contributed by atoms with van der Waals surface area (Å²) in [7, 11) is -0.562. The van der Waals surface area contributed by atoms with E-state index in [4.69, 9.17) is 0 Å². The predicted octanol–water partition coefficient (Wildman–Crippen LogP) is 6.36. The maximum Gasteiger partial charge on any atom is -0.0359 e. The molecule has 0 nitrogen and oxygen atoms in total. The van der Waals surface area contributed by atoms with E-state index in [1.165, 1.54) is 51.4 Å². The van der Waals surface area contributed by atoms with E-state index in [1.807, 2.05) is 0 Å². The molecule has 0 amide bonds. The van der Waals surface area contributed by atoms with Crippen molar-refractivity contribution in [2.45, 2.75) is 79.1 Å². The summed E-state index contributed by atoms with van der Waals surface area (Å²) in [5.74, 6) is 0. The highest BCUT2D eigenvalue weighted by atomic mass is 31.2. The van der Waals surface area contributed by atoms with E-state index in [9.17, 15) is 0 Å². The van der Waals surface area contributed by atoms with Crippen molar-refractivity contribution in [3.63, 3.8) is 0 Å². The van der Waals surface area contributed by atoms with Crippen LogP contribution < -0.4 is 0 Å². The molecule has 0 atom stereocenters. The molecular weight excluding hydrogens is 242 g/mol. The monoisotopic (exact) mass is 279 g/mol. The summed E-state index contributed by atoms with van der Waals surface area (Å²) >= 11 is 0. The molecule has 0 heterocycles.